The van der Waals surface area contributed by atoms with Crippen molar-refractivity contribution in [3.8, 4) is 0 Å². The Morgan fingerprint density at radius 3 is 2.82 bits per heavy atom. The highest BCUT2D eigenvalue weighted by Gasteiger charge is 2.31. The van der Waals surface area contributed by atoms with Gasteiger partial charge in [0.2, 0.25) is 11.8 Å². The molecule has 2 unspecified atom stereocenters. The number of hydrogen-bond acceptors (Lipinski definition) is 6. The smallest absolute Gasteiger partial charge is 0.238 e. The Balaban J connectivity index is 1.70. The number of nitrogens with two attached hydrogens (primary N) is 1. The Morgan fingerprint density at radius 1 is 1.55 bits per heavy atom. The number of rotatable bonds is 8. The Hall–Kier alpha value is -1.54. The molecule has 1 aromatic heterocycles. The van der Waals surface area contributed by atoms with Crippen LogP contribution in [0.25, 0.3) is 0 Å². The number of aromatic nitrogens is 1. The Labute approximate surface area is 133 Å². The standard InChI is InChI=1S/C14H22N4O3S/c1-8-5-12(18-21-8)17-14(20)9(2)22-7-13(19)16-11(6-15)10-3-4-10/h5,9-11H,3-4,6-7,15H2,1-2H3,(H,16,19)(H,17,18,20). The molecule has 0 aromatic carbocycles. The average Bonchev–Trinajstić information content (AvgIpc) is 3.25. The van der Waals surface area contributed by atoms with Crippen molar-refractivity contribution in [2.45, 2.75) is 38.0 Å². The summed E-state index contributed by atoms with van der Waals surface area (Å²) in [6, 6.07) is 1.71. The fourth-order valence-corrected chi connectivity index (χ4v) is 2.74. The van der Waals surface area contributed by atoms with Crippen molar-refractivity contribution in [1.29, 1.82) is 0 Å². The lowest BCUT2D eigenvalue weighted by Crippen LogP contribution is -2.42. The molecule has 0 radical (unpaired) electrons. The van der Waals surface area contributed by atoms with E-state index in [1.165, 1.54) is 11.8 Å². The summed E-state index contributed by atoms with van der Waals surface area (Å²) in [4.78, 5) is 23.9. The summed E-state index contributed by atoms with van der Waals surface area (Å²) in [5.74, 6) is 1.48. The van der Waals surface area contributed by atoms with Crippen molar-refractivity contribution in [2.24, 2.45) is 11.7 Å². The summed E-state index contributed by atoms with van der Waals surface area (Å²) in [7, 11) is 0. The molecule has 0 spiro atoms. The zero-order chi connectivity index (χ0) is 16.1. The molecule has 1 fully saturated rings. The van der Waals surface area contributed by atoms with Crippen LogP contribution in [-0.2, 0) is 9.59 Å². The molecular weight excluding hydrogens is 304 g/mol. The fraction of sp³-hybridized carbons (Fsp3) is 0.643. The third kappa shape index (κ3) is 5.03. The van der Waals surface area contributed by atoms with Gasteiger partial charge in [0.1, 0.15) is 5.76 Å². The van der Waals surface area contributed by atoms with Crippen LogP contribution >= 0.6 is 11.8 Å². The summed E-state index contributed by atoms with van der Waals surface area (Å²) >= 11 is 1.28. The van der Waals surface area contributed by atoms with Gasteiger partial charge in [0.05, 0.1) is 11.0 Å². The molecule has 1 aliphatic rings. The van der Waals surface area contributed by atoms with Gasteiger partial charge in [-0.1, -0.05) is 5.16 Å². The second kappa shape index (κ2) is 7.64. The molecule has 7 nitrogen and oxygen atoms in total. The predicted octanol–water partition coefficient (Wildman–Crippen LogP) is 0.897. The van der Waals surface area contributed by atoms with E-state index in [1.54, 1.807) is 19.9 Å². The van der Waals surface area contributed by atoms with E-state index >= 15 is 0 Å². The van der Waals surface area contributed by atoms with Crippen LogP contribution in [0.2, 0.25) is 0 Å². The molecule has 8 heteroatoms. The van der Waals surface area contributed by atoms with Crippen molar-refractivity contribution in [3.05, 3.63) is 11.8 Å². The first-order chi connectivity index (χ1) is 10.5. The van der Waals surface area contributed by atoms with Gasteiger partial charge >= 0.3 is 0 Å². The third-order valence-corrected chi connectivity index (χ3v) is 4.65. The summed E-state index contributed by atoms with van der Waals surface area (Å²) in [6.45, 7) is 3.96. The minimum atomic E-state index is -0.361. The van der Waals surface area contributed by atoms with Gasteiger partial charge in [0.15, 0.2) is 5.82 Å². The van der Waals surface area contributed by atoms with E-state index in [1.807, 2.05) is 0 Å². The van der Waals surface area contributed by atoms with Crippen LogP contribution in [0.3, 0.4) is 0 Å². The highest BCUT2D eigenvalue weighted by Crippen LogP contribution is 2.32. The van der Waals surface area contributed by atoms with Crippen LogP contribution in [-0.4, -0.2) is 40.6 Å². The number of nitrogens with zero attached hydrogens (tertiary/aromatic N) is 1. The van der Waals surface area contributed by atoms with Crippen LogP contribution in [0.1, 0.15) is 25.5 Å². The van der Waals surface area contributed by atoms with E-state index in [0.29, 0.717) is 24.0 Å². The quantitative estimate of drug-likeness (QED) is 0.654. The first-order valence-corrected chi connectivity index (χ1v) is 8.39. The molecule has 1 aliphatic carbocycles. The molecule has 2 atom stereocenters. The van der Waals surface area contributed by atoms with Crippen LogP contribution in [0.4, 0.5) is 5.82 Å². The second-order valence-electron chi connectivity index (χ2n) is 5.51. The first kappa shape index (κ1) is 16.8. The molecule has 4 N–H and O–H groups in total. The van der Waals surface area contributed by atoms with E-state index in [2.05, 4.69) is 15.8 Å². The summed E-state index contributed by atoms with van der Waals surface area (Å²) in [5, 5.41) is 8.92. The fourth-order valence-electron chi connectivity index (χ4n) is 2.05. The Bertz CT molecular complexity index is 530. The Kier molecular flexibility index (Phi) is 5.84. The molecule has 0 saturated heterocycles. The maximum atomic E-state index is 12.0. The van der Waals surface area contributed by atoms with Crippen LogP contribution in [0.15, 0.2) is 10.6 Å². The molecule has 1 heterocycles. The number of hydrogen-bond donors (Lipinski definition) is 3. The van der Waals surface area contributed by atoms with E-state index in [9.17, 15) is 9.59 Å². The molecular formula is C14H22N4O3S. The van der Waals surface area contributed by atoms with Gasteiger partial charge in [-0.3, -0.25) is 9.59 Å². The normalized spacial score (nSPS) is 16.9. The van der Waals surface area contributed by atoms with Crippen molar-refractivity contribution in [1.82, 2.24) is 10.5 Å². The number of amides is 2. The van der Waals surface area contributed by atoms with Crippen molar-refractivity contribution >= 4 is 29.4 Å². The highest BCUT2D eigenvalue weighted by atomic mass is 32.2. The zero-order valence-corrected chi connectivity index (χ0v) is 13.6. The second-order valence-corrected chi connectivity index (χ2v) is 6.84. The van der Waals surface area contributed by atoms with Gasteiger partial charge in [0, 0.05) is 18.7 Å². The van der Waals surface area contributed by atoms with E-state index in [4.69, 9.17) is 10.3 Å². The molecule has 2 amide bonds. The largest absolute Gasteiger partial charge is 0.360 e. The van der Waals surface area contributed by atoms with E-state index in [-0.39, 0.29) is 28.9 Å². The van der Waals surface area contributed by atoms with E-state index in [0.717, 1.165) is 12.8 Å². The zero-order valence-electron chi connectivity index (χ0n) is 12.8. The summed E-state index contributed by atoms with van der Waals surface area (Å²) < 4.78 is 4.88. The van der Waals surface area contributed by atoms with E-state index < -0.39 is 0 Å². The SMILES string of the molecule is Cc1cc(NC(=O)C(C)SCC(=O)NC(CN)C2CC2)no1. The number of aryl methyl sites for hydroxylation is 1. The maximum Gasteiger partial charge on any atom is 0.238 e. The molecule has 22 heavy (non-hydrogen) atoms. The van der Waals surface area contributed by atoms with Gasteiger partial charge < -0.3 is 20.9 Å². The molecule has 0 aliphatic heterocycles. The Morgan fingerprint density at radius 2 is 2.27 bits per heavy atom. The van der Waals surface area contributed by atoms with Gasteiger partial charge in [-0.25, -0.2) is 0 Å². The minimum absolute atomic E-state index is 0.0651. The van der Waals surface area contributed by atoms with Crippen molar-refractivity contribution in [3.63, 3.8) is 0 Å². The van der Waals surface area contributed by atoms with Crippen LogP contribution in [0, 0.1) is 12.8 Å². The maximum absolute atomic E-state index is 12.0. The molecule has 1 aromatic rings. The van der Waals surface area contributed by atoms with Gasteiger partial charge in [-0.15, -0.1) is 11.8 Å². The van der Waals surface area contributed by atoms with Crippen LogP contribution < -0.4 is 16.4 Å². The monoisotopic (exact) mass is 326 g/mol. The lowest BCUT2D eigenvalue weighted by Gasteiger charge is -2.16. The number of anilines is 1. The predicted molar refractivity (Wildman–Crippen MR) is 85.5 cm³/mol. The minimum Gasteiger partial charge on any atom is -0.360 e. The number of thioether (sulfide) groups is 1. The summed E-state index contributed by atoms with van der Waals surface area (Å²) in [6.07, 6.45) is 2.26. The number of nitrogens with one attached hydrogen (secondary N) is 2. The van der Waals surface area contributed by atoms with Crippen molar-refractivity contribution in [2.75, 3.05) is 17.6 Å². The van der Waals surface area contributed by atoms with Gasteiger partial charge in [-0.2, -0.15) is 0 Å². The number of carbonyl (C=O) groups excluding carboxylic acids is 2. The molecule has 2 rings (SSSR count). The highest BCUT2D eigenvalue weighted by molar-refractivity contribution is 8.01. The molecule has 0 bridgehead atoms. The van der Waals surface area contributed by atoms with Gasteiger partial charge in [-0.05, 0) is 32.6 Å². The number of carbonyl (C=O) groups is 2. The van der Waals surface area contributed by atoms with Crippen LogP contribution in [0.5, 0.6) is 0 Å². The molecule has 1 saturated carbocycles. The molecule has 122 valence electrons. The topological polar surface area (TPSA) is 110 Å². The van der Waals surface area contributed by atoms with Gasteiger partial charge in [0.25, 0.3) is 0 Å². The third-order valence-electron chi connectivity index (χ3n) is 3.50. The average molecular weight is 326 g/mol. The summed E-state index contributed by atoms with van der Waals surface area (Å²) in [5.41, 5.74) is 5.65. The lowest BCUT2D eigenvalue weighted by molar-refractivity contribution is -0.119. The first-order valence-electron chi connectivity index (χ1n) is 7.34. The lowest BCUT2D eigenvalue weighted by atomic mass is 10.2. The van der Waals surface area contributed by atoms with Crippen molar-refractivity contribution < 1.29 is 14.1 Å².